The number of rotatable bonds is 2. The van der Waals surface area contributed by atoms with Crippen molar-refractivity contribution in [2.45, 2.75) is 38.5 Å². The highest BCUT2D eigenvalue weighted by Gasteiger charge is 2.16. The van der Waals surface area contributed by atoms with Crippen molar-refractivity contribution >= 4 is 23.2 Å². The second-order valence-electron chi connectivity index (χ2n) is 5.93. The van der Waals surface area contributed by atoms with Gasteiger partial charge in [0.05, 0.1) is 4.88 Å². The Balaban J connectivity index is 1.63. The van der Waals surface area contributed by atoms with Gasteiger partial charge in [0.25, 0.3) is 11.8 Å². The van der Waals surface area contributed by atoms with Crippen LogP contribution in [0.2, 0.25) is 0 Å². The van der Waals surface area contributed by atoms with E-state index in [0.29, 0.717) is 4.88 Å². The Bertz CT molecular complexity index is 729. The van der Waals surface area contributed by atoms with E-state index in [2.05, 4.69) is 10.9 Å². The smallest absolute Gasteiger partial charge is 0.279 e. The van der Waals surface area contributed by atoms with Crippen LogP contribution >= 0.6 is 11.3 Å². The lowest BCUT2D eigenvalue weighted by molar-refractivity contribution is 0.0848. The summed E-state index contributed by atoms with van der Waals surface area (Å²) >= 11 is 1.51. The molecule has 0 saturated carbocycles. The molecule has 1 aliphatic rings. The Morgan fingerprint density at radius 1 is 0.958 bits per heavy atom. The van der Waals surface area contributed by atoms with Gasteiger partial charge in [0.2, 0.25) is 0 Å². The molecule has 1 heterocycles. The van der Waals surface area contributed by atoms with E-state index in [9.17, 15) is 14.7 Å². The monoisotopic (exact) mass is 344 g/mol. The van der Waals surface area contributed by atoms with Gasteiger partial charge in [-0.15, -0.1) is 11.3 Å². The van der Waals surface area contributed by atoms with E-state index in [0.717, 1.165) is 12.8 Å². The van der Waals surface area contributed by atoms with Crippen LogP contribution in [-0.4, -0.2) is 16.9 Å². The van der Waals surface area contributed by atoms with Crippen LogP contribution in [-0.2, 0) is 12.8 Å². The quantitative estimate of drug-likeness (QED) is 0.732. The molecule has 5 nitrogen and oxygen atoms in total. The van der Waals surface area contributed by atoms with E-state index in [-0.39, 0.29) is 17.2 Å². The van der Waals surface area contributed by atoms with E-state index in [1.165, 1.54) is 59.6 Å². The minimum absolute atomic E-state index is 0.00652. The number of aryl methyl sites for hydroxylation is 2. The molecule has 1 aliphatic carbocycles. The maximum absolute atomic E-state index is 12.3. The van der Waals surface area contributed by atoms with Crippen molar-refractivity contribution in [3.63, 3.8) is 0 Å². The second kappa shape index (κ2) is 7.49. The van der Waals surface area contributed by atoms with Crippen LogP contribution in [0.5, 0.6) is 5.75 Å². The lowest BCUT2D eigenvalue weighted by Crippen LogP contribution is -2.41. The number of hydrogen-bond acceptors (Lipinski definition) is 4. The molecule has 3 rings (SSSR count). The first kappa shape index (κ1) is 16.5. The number of thiophene rings is 1. The molecule has 2 amide bonds. The second-order valence-corrected chi connectivity index (χ2v) is 7.07. The number of benzene rings is 1. The molecular weight excluding hydrogens is 324 g/mol. The molecule has 3 N–H and O–H groups in total. The van der Waals surface area contributed by atoms with Crippen molar-refractivity contribution in [1.82, 2.24) is 10.9 Å². The van der Waals surface area contributed by atoms with E-state index >= 15 is 0 Å². The van der Waals surface area contributed by atoms with Gasteiger partial charge in [-0.1, -0.05) is 18.9 Å². The zero-order chi connectivity index (χ0) is 16.9. The third kappa shape index (κ3) is 3.94. The van der Waals surface area contributed by atoms with E-state index in [4.69, 9.17) is 0 Å². The highest BCUT2D eigenvalue weighted by molar-refractivity contribution is 7.14. The molecule has 0 spiro atoms. The van der Waals surface area contributed by atoms with E-state index < -0.39 is 5.91 Å². The van der Waals surface area contributed by atoms with Crippen LogP contribution in [0, 0.1) is 0 Å². The lowest BCUT2D eigenvalue weighted by Gasteiger charge is -2.07. The minimum atomic E-state index is -0.464. The van der Waals surface area contributed by atoms with Crippen LogP contribution in [0.25, 0.3) is 0 Å². The van der Waals surface area contributed by atoms with Gasteiger partial charge in [0.15, 0.2) is 0 Å². The molecule has 0 fully saturated rings. The summed E-state index contributed by atoms with van der Waals surface area (Å²) in [4.78, 5) is 26.2. The molecule has 24 heavy (non-hydrogen) atoms. The summed E-state index contributed by atoms with van der Waals surface area (Å²) in [6, 6.07) is 7.92. The molecule has 0 atom stereocenters. The predicted octanol–water partition coefficient (Wildman–Crippen LogP) is 3.19. The number of fused-ring (bicyclic) bond motifs is 1. The molecule has 126 valence electrons. The van der Waals surface area contributed by atoms with Crippen molar-refractivity contribution in [2.75, 3.05) is 0 Å². The number of hydrazine groups is 1. The Hall–Kier alpha value is -2.34. The number of carbonyl (C=O) groups is 2. The van der Waals surface area contributed by atoms with Gasteiger partial charge in [0.1, 0.15) is 5.75 Å². The van der Waals surface area contributed by atoms with Gasteiger partial charge in [-0.3, -0.25) is 20.4 Å². The van der Waals surface area contributed by atoms with Gasteiger partial charge < -0.3 is 5.11 Å². The fraction of sp³-hybridized carbons (Fsp3) is 0.333. The van der Waals surface area contributed by atoms with Crippen LogP contribution in [0.4, 0.5) is 0 Å². The number of carbonyl (C=O) groups excluding carboxylic acids is 2. The Morgan fingerprint density at radius 3 is 2.50 bits per heavy atom. The van der Waals surface area contributed by atoms with Gasteiger partial charge in [-0.2, -0.15) is 0 Å². The summed E-state index contributed by atoms with van der Waals surface area (Å²) in [5.41, 5.74) is 6.39. The van der Waals surface area contributed by atoms with Gasteiger partial charge in [-0.05, 0) is 55.5 Å². The molecule has 1 aromatic heterocycles. The molecule has 0 bridgehead atoms. The van der Waals surface area contributed by atoms with Crippen LogP contribution in [0.3, 0.4) is 0 Å². The predicted molar refractivity (Wildman–Crippen MR) is 93.2 cm³/mol. The minimum Gasteiger partial charge on any atom is -0.508 e. The third-order valence-corrected chi connectivity index (χ3v) is 5.35. The van der Waals surface area contributed by atoms with E-state index in [1.54, 1.807) is 12.1 Å². The average molecular weight is 344 g/mol. The Morgan fingerprint density at radius 2 is 1.71 bits per heavy atom. The first-order valence-electron chi connectivity index (χ1n) is 8.15. The number of phenols is 1. The molecule has 0 aliphatic heterocycles. The number of amides is 2. The van der Waals surface area contributed by atoms with Crippen LogP contribution in [0.1, 0.15) is 56.2 Å². The third-order valence-electron chi connectivity index (χ3n) is 4.12. The molecular formula is C18H20N2O3S. The summed E-state index contributed by atoms with van der Waals surface area (Å²) in [6.45, 7) is 0. The van der Waals surface area contributed by atoms with Gasteiger partial charge in [0, 0.05) is 10.4 Å². The molecule has 0 unspecified atom stereocenters. The summed E-state index contributed by atoms with van der Waals surface area (Å²) in [6.07, 6.45) is 6.88. The van der Waals surface area contributed by atoms with Crippen molar-refractivity contribution < 1.29 is 14.7 Å². The number of phenolic OH excluding ortho intramolecular Hbond substituents is 1. The van der Waals surface area contributed by atoms with Crippen molar-refractivity contribution in [2.24, 2.45) is 0 Å². The topological polar surface area (TPSA) is 78.4 Å². The zero-order valence-electron chi connectivity index (χ0n) is 13.3. The van der Waals surface area contributed by atoms with Crippen molar-refractivity contribution in [3.8, 4) is 5.75 Å². The highest BCUT2D eigenvalue weighted by Crippen LogP contribution is 2.28. The molecule has 0 radical (unpaired) electrons. The Labute approximate surface area is 144 Å². The molecule has 1 aromatic carbocycles. The fourth-order valence-corrected chi connectivity index (χ4v) is 4.00. The maximum atomic E-state index is 12.3. The number of hydrogen-bond donors (Lipinski definition) is 3. The molecule has 2 aromatic rings. The maximum Gasteiger partial charge on any atom is 0.279 e. The van der Waals surface area contributed by atoms with Crippen molar-refractivity contribution in [1.29, 1.82) is 0 Å². The number of aromatic hydroxyl groups is 1. The standard InChI is InChI=1S/C18H20N2O3S/c21-14-8-5-7-13(10-14)17(22)19-20-18(23)16-11-12-6-3-1-2-4-9-15(12)24-16/h5,7-8,10-11,21H,1-4,6,9H2,(H,19,22)(H,20,23). The summed E-state index contributed by atoms with van der Waals surface area (Å²) in [5.74, 6) is -0.763. The van der Waals surface area contributed by atoms with Crippen LogP contribution in [0.15, 0.2) is 30.3 Å². The zero-order valence-corrected chi connectivity index (χ0v) is 14.1. The highest BCUT2D eigenvalue weighted by atomic mass is 32.1. The van der Waals surface area contributed by atoms with Crippen molar-refractivity contribution in [3.05, 3.63) is 51.2 Å². The fourth-order valence-electron chi connectivity index (χ4n) is 2.85. The SMILES string of the molecule is O=C(NNC(=O)c1cc2c(s1)CCCCCC2)c1cccc(O)c1. The first-order valence-corrected chi connectivity index (χ1v) is 8.96. The largest absolute Gasteiger partial charge is 0.508 e. The lowest BCUT2D eigenvalue weighted by atomic mass is 10.00. The summed E-state index contributed by atoms with van der Waals surface area (Å²) in [5, 5.41) is 9.39. The number of nitrogens with one attached hydrogen (secondary N) is 2. The van der Waals surface area contributed by atoms with Crippen LogP contribution < -0.4 is 10.9 Å². The van der Waals surface area contributed by atoms with E-state index in [1.807, 2.05) is 6.07 Å². The normalized spacial score (nSPS) is 14.2. The summed E-state index contributed by atoms with van der Waals surface area (Å²) in [7, 11) is 0. The summed E-state index contributed by atoms with van der Waals surface area (Å²) < 4.78 is 0. The first-order chi connectivity index (χ1) is 11.6. The van der Waals surface area contributed by atoms with Gasteiger partial charge in [-0.25, -0.2) is 0 Å². The molecule has 6 heteroatoms. The average Bonchev–Trinajstić information content (AvgIpc) is 2.94. The Kier molecular flexibility index (Phi) is 5.15. The molecule has 0 saturated heterocycles. The van der Waals surface area contributed by atoms with Gasteiger partial charge >= 0.3 is 0 Å².